The van der Waals surface area contributed by atoms with E-state index >= 15 is 0 Å². The number of nitrogens with zero attached hydrogens (tertiary/aromatic N) is 6. The molecule has 0 saturated carbocycles. The molecule has 2 N–H and O–H groups in total. The molecule has 1 aromatic carbocycles. The fourth-order valence-corrected chi connectivity index (χ4v) is 6.01. The van der Waals surface area contributed by atoms with Crippen LogP contribution >= 0.6 is 11.6 Å². The van der Waals surface area contributed by atoms with Gasteiger partial charge in [-0.1, -0.05) is 17.7 Å². The number of benzene rings is 1. The number of halogens is 1. The van der Waals surface area contributed by atoms with Gasteiger partial charge in [0, 0.05) is 51.4 Å². The van der Waals surface area contributed by atoms with Crippen molar-refractivity contribution in [1.29, 1.82) is 0 Å². The first-order valence-electron chi connectivity index (χ1n) is 13.3. The van der Waals surface area contributed by atoms with Crippen molar-refractivity contribution in [3.8, 4) is 5.75 Å². The summed E-state index contributed by atoms with van der Waals surface area (Å²) in [7, 11) is 2.10. The van der Waals surface area contributed by atoms with Crippen LogP contribution in [0.5, 0.6) is 5.75 Å². The first-order valence-corrected chi connectivity index (χ1v) is 13.7. The zero-order valence-electron chi connectivity index (χ0n) is 21.3. The van der Waals surface area contributed by atoms with Gasteiger partial charge in [0.2, 0.25) is 0 Å². The summed E-state index contributed by atoms with van der Waals surface area (Å²) in [5.74, 6) is 2.36. The van der Waals surface area contributed by atoms with Gasteiger partial charge < -0.3 is 25.2 Å². The van der Waals surface area contributed by atoms with Crippen molar-refractivity contribution in [3.05, 3.63) is 46.6 Å². The Hall–Kier alpha value is -3.04. The molecule has 2 bridgehead atoms. The monoisotopic (exact) mass is 523 g/mol. The Morgan fingerprint density at radius 3 is 2.78 bits per heavy atom. The average Bonchev–Trinajstić information content (AvgIpc) is 3.53. The first-order chi connectivity index (χ1) is 18.0. The second-order valence-corrected chi connectivity index (χ2v) is 10.8. The number of ether oxygens (including phenoxy) is 1. The molecule has 2 fully saturated rings. The molecule has 0 aliphatic carbocycles. The minimum Gasteiger partial charge on any atom is -0.493 e. The van der Waals surface area contributed by atoms with Crippen LogP contribution < -0.4 is 20.3 Å². The lowest BCUT2D eigenvalue weighted by Crippen LogP contribution is -2.39. The molecule has 6 rings (SSSR count). The van der Waals surface area contributed by atoms with E-state index in [1.54, 1.807) is 6.07 Å². The lowest BCUT2D eigenvalue weighted by atomic mass is 9.98. The van der Waals surface area contributed by atoms with Gasteiger partial charge in [-0.05, 0) is 50.7 Å². The summed E-state index contributed by atoms with van der Waals surface area (Å²) in [6, 6.07) is 9.62. The molecule has 2 saturated heterocycles. The standard InChI is InChI=1S/C27H34ClN7O2/c1-32-11-4-5-14-37-22-9-6-7-19(28)26(22)27(36)34-12-3-2-8-21(34)20-15-24-30-23(16-25(32)35(24)31-20)33-13-10-18(29)17-33/h6-7,9,15-16,18,21H,2-5,8,10-14,17,29H2,1H3/t18-,21-/m0/s1. The third kappa shape index (κ3) is 4.59. The molecule has 10 heteroatoms. The van der Waals surface area contributed by atoms with Gasteiger partial charge in [-0.2, -0.15) is 9.61 Å². The molecular formula is C27H34ClN7O2. The van der Waals surface area contributed by atoms with Gasteiger partial charge in [0.05, 0.1) is 23.4 Å². The normalized spacial score (nSPS) is 23.0. The molecule has 0 unspecified atom stereocenters. The Labute approximate surface area is 222 Å². The van der Waals surface area contributed by atoms with Gasteiger partial charge in [-0.3, -0.25) is 4.79 Å². The van der Waals surface area contributed by atoms with Crippen LogP contribution in [0.4, 0.5) is 11.6 Å². The third-order valence-electron chi connectivity index (χ3n) is 7.79. The molecule has 1 amide bonds. The molecule has 37 heavy (non-hydrogen) atoms. The number of amides is 1. The van der Waals surface area contributed by atoms with Crippen LogP contribution in [-0.4, -0.2) is 71.3 Å². The molecule has 9 nitrogen and oxygen atoms in total. The largest absolute Gasteiger partial charge is 0.493 e. The lowest BCUT2D eigenvalue weighted by molar-refractivity contribution is 0.0601. The van der Waals surface area contributed by atoms with Crippen LogP contribution in [0.3, 0.4) is 0 Å². The van der Waals surface area contributed by atoms with Crippen molar-refractivity contribution < 1.29 is 9.53 Å². The molecule has 3 aromatic rings. The highest BCUT2D eigenvalue weighted by Gasteiger charge is 2.34. The number of anilines is 2. The molecular weight excluding hydrogens is 490 g/mol. The van der Waals surface area contributed by atoms with Crippen molar-refractivity contribution in [3.63, 3.8) is 0 Å². The summed E-state index contributed by atoms with van der Waals surface area (Å²) in [5, 5.41) is 5.47. The molecule has 5 heterocycles. The van der Waals surface area contributed by atoms with Gasteiger partial charge in [-0.15, -0.1) is 0 Å². The molecule has 3 aliphatic rings. The number of carbonyl (C=O) groups is 1. The minimum absolute atomic E-state index is 0.103. The lowest BCUT2D eigenvalue weighted by Gasteiger charge is -2.35. The molecule has 0 radical (unpaired) electrons. The van der Waals surface area contributed by atoms with Crippen LogP contribution in [0, 0.1) is 0 Å². The van der Waals surface area contributed by atoms with E-state index in [1.165, 1.54) is 0 Å². The molecule has 0 spiro atoms. The third-order valence-corrected chi connectivity index (χ3v) is 8.11. The molecule has 3 aliphatic heterocycles. The maximum atomic E-state index is 13.9. The number of hydrogen-bond acceptors (Lipinski definition) is 7. The van der Waals surface area contributed by atoms with E-state index in [4.69, 9.17) is 32.2 Å². The summed E-state index contributed by atoms with van der Waals surface area (Å²) >= 11 is 6.58. The Kier molecular flexibility index (Phi) is 6.58. The zero-order chi connectivity index (χ0) is 25.5. The highest BCUT2D eigenvalue weighted by atomic mass is 35.5. The second kappa shape index (κ2) is 10.0. The van der Waals surface area contributed by atoms with E-state index in [2.05, 4.69) is 22.9 Å². The van der Waals surface area contributed by atoms with Crippen LogP contribution in [0.2, 0.25) is 5.02 Å². The minimum atomic E-state index is -0.154. The quantitative estimate of drug-likeness (QED) is 0.517. The summed E-state index contributed by atoms with van der Waals surface area (Å²) in [6.07, 6.45) is 5.56. The van der Waals surface area contributed by atoms with Crippen molar-refractivity contribution in [1.82, 2.24) is 19.5 Å². The van der Waals surface area contributed by atoms with Crippen LogP contribution in [0.1, 0.15) is 60.6 Å². The fraction of sp³-hybridized carbons (Fsp3) is 0.519. The summed E-state index contributed by atoms with van der Waals surface area (Å²) < 4.78 is 8.05. The fourth-order valence-electron chi connectivity index (χ4n) is 5.76. The van der Waals surface area contributed by atoms with Crippen LogP contribution in [0.15, 0.2) is 30.3 Å². The Bertz CT molecular complexity index is 1310. The van der Waals surface area contributed by atoms with Crippen LogP contribution in [-0.2, 0) is 0 Å². The predicted molar refractivity (Wildman–Crippen MR) is 145 cm³/mol. The van der Waals surface area contributed by atoms with Gasteiger partial charge in [0.15, 0.2) is 5.65 Å². The zero-order valence-corrected chi connectivity index (χ0v) is 22.0. The van der Waals surface area contributed by atoms with E-state index in [9.17, 15) is 4.79 Å². The van der Waals surface area contributed by atoms with Gasteiger partial charge >= 0.3 is 0 Å². The predicted octanol–water partition coefficient (Wildman–Crippen LogP) is 3.90. The molecule has 196 valence electrons. The number of rotatable bonds is 1. The van der Waals surface area contributed by atoms with E-state index in [0.29, 0.717) is 29.5 Å². The topological polar surface area (TPSA) is 92.2 Å². The van der Waals surface area contributed by atoms with Gasteiger partial charge in [0.25, 0.3) is 5.91 Å². The summed E-state index contributed by atoms with van der Waals surface area (Å²) in [4.78, 5) is 25.4. The van der Waals surface area contributed by atoms with Crippen LogP contribution in [0.25, 0.3) is 5.65 Å². The number of fused-ring (bicyclic) bond motifs is 4. The van der Waals surface area contributed by atoms with Gasteiger partial charge in [0.1, 0.15) is 22.9 Å². The smallest absolute Gasteiger partial charge is 0.259 e. The van der Waals surface area contributed by atoms with E-state index < -0.39 is 0 Å². The van der Waals surface area contributed by atoms with Crippen molar-refractivity contribution >= 4 is 34.8 Å². The van der Waals surface area contributed by atoms with Crippen molar-refractivity contribution in [2.75, 3.05) is 49.6 Å². The summed E-state index contributed by atoms with van der Waals surface area (Å²) in [5.41, 5.74) is 8.30. The van der Waals surface area contributed by atoms with Crippen molar-refractivity contribution in [2.24, 2.45) is 5.73 Å². The summed E-state index contributed by atoms with van der Waals surface area (Å²) in [6.45, 7) is 3.71. The maximum Gasteiger partial charge on any atom is 0.259 e. The molecule has 2 aromatic heterocycles. The Balaban J connectivity index is 1.47. The second-order valence-electron chi connectivity index (χ2n) is 10.4. The van der Waals surface area contributed by atoms with E-state index in [-0.39, 0.29) is 18.0 Å². The van der Waals surface area contributed by atoms with E-state index in [0.717, 1.165) is 81.1 Å². The first kappa shape index (κ1) is 24.3. The number of hydrogen-bond donors (Lipinski definition) is 1. The van der Waals surface area contributed by atoms with E-state index in [1.807, 2.05) is 27.6 Å². The molecule has 2 atom stereocenters. The number of carbonyl (C=O) groups excluding carboxylic acids is 1. The highest BCUT2D eigenvalue weighted by molar-refractivity contribution is 6.34. The Morgan fingerprint density at radius 1 is 1.08 bits per heavy atom. The van der Waals surface area contributed by atoms with Crippen molar-refractivity contribution in [2.45, 2.75) is 50.6 Å². The number of piperidine rings is 1. The number of aromatic nitrogens is 3. The average molecular weight is 524 g/mol. The van der Waals surface area contributed by atoms with Gasteiger partial charge in [-0.25, -0.2) is 4.98 Å². The highest BCUT2D eigenvalue weighted by Crippen LogP contribution is 2.37. The number of nitrogens with two attached hydrogens (primary N) is 1. The maximum absolute atomic E-state index is 13.9. The SMILES string of the molecule is CN1CCCCOc2cccc(Cl)c2C(=O)N2CCCC[C@H]2c2cc3nc(N4CC[C@H](N)C4)cc1n3n2. The Morgan fingerprint density at radius 2 is 1.95 bits per heavy atom.